The van der Waals surface area contributed by atoms with E-state index in [9.17, 15) is 0 Å². The van der Waals surface area contributed by atoms with E-state index in [1.165, 1.54) is 0 Å². The SMILES string of the molecule is CC(C)(C)/C(N)=C/C1=NCCO1. The zero-order chi connectivity index (χ0) is 9.19. The summed E-state index contributed by atoms with van der Waals surface area (Å²) in [5.74, 6) is 0.669. The van der Waals surface area contributed by atoms with Crippen molar-refractivity contribution in [2.45, 2.75) is 20.8 Å². The van der Waals surface area contributed by atoms with E-state index in [1.807, 2.05) is 6.08 Å². The molecule has 0 spiro atoms. The molecule has 0 aromatic carbocycles. The lowest BCUT2D eigenvalue weighted by molar-refractivity contribution is 0.349. The van der Waals surface area contributed by atoms with Crippen LogP contribution in [0.4, 0.5) is 0 Å². The summed E-state index contributed by atoms with van der Waals surface area (Å²) in [5.41, 5.74) is 6.63. The van der Waals surface area contributed by atoms with Crippen molar-refractivity contribution < 1.29 is 4.74 Å². The molecular weight excluding hydrogens is 152 g/mol. The number of hydrogen-bond donors (Lipinski definition) is 1. The Kier molecular flexibility index (Phi) is 2.40. The molecule has 0 saturated heterocycles. The molecule has 3 heteroatoms. The van der Waals surface area contributed by atoms with Gasteiger partial charge in [-0.2, -0.15) is 0 Å². The summed E-state index contributed by atoms with van der Waals surface area (Å²) in [7, 11) is 0. The summed E-state index contributed by atoms with van der Waals surface area (Å²) in [6.45, 7) is 7.63. The summed E-state index contributed by atoms with van der Waals surface area (Å²) in [4.78, 5) is 4.13. The van der Waals surface area contributed by atoms with Crippen molar-refractivity contribution in [1.82, 2.24) is 0 Å². The Morgan fingerprint density at radius 1 is 1.58 bits per heavy atom. The van der Waals surface area contributed by atoms with Crippen molar-refractivity contribution in [2.24, 2.45) is 16.1 Å². The van der Waals surface area contributed by atoms with Crippen LogP contribution in [0, 0.1) is 5.41 Å². The smallest absolute Gasteiger partial charge is 0.210 e. The van der Waals surface area contributed by atoms with Gasteiger partial charge >= 0.3 is 0 Å². The first-order chi connectivity index (χ1) is 5.50. The van der Waals surface area contributed by atoms with Crippen molar-refractivity contribution in [1.29, 1.82) is 0 Å². The molecule has 12 heavy (non-hydrogen) atoms. The van der Waals surface area contributed by atoms with Crippen molar-refractivity contribution in [3.63, 3.8) is 0 Å². The van der Waals surface area contributed by atoms with Crippen molar-refractivity contribution >= 4 is 5.90 Å². The van der Waals surface area contributed by atoms with Gasteiger partial charge in [-0.15, -0.1) is 0 Å². The largest absolute Gasteiger partial charge is 0.476 e. The first kappa shape index (κ1) is 9.10. The van der Waals surface area contributed by atoms with Crippen LogP contribution in [0.2, 0.25) is 0 Å². The third kappa shape index (κ3) is 2.26. The molecule has 0 saturated carbocycles. The number of nitrogens with zero attached hydrogens (tertiary/aromatic N) is 1. The van der Waals surface area contributed by atoms with Crippen molar-refractivity contribution in [3.8, 4) is 0 Å². The van der Waals surface area contributed by atoms with E-state index < -0.39 is 0 Å². The zero-order valence-electron chi connectivity index (χ0n) is 7.92. The highest BCUT2D eigenvalue weighted by atomic mass is 16.5. The molecule has 0 aromatic heterocycles. The molecule has 0 radical (unpaired) electrons. The summed E-state index contributed by atoms with van der Waals surface area (Å²) in [6, 6.07) is 0. The van der Waals surface area contributed by atoms with Crippen LogP contribution < -0.4 is 5.73 Å². The van der Waals surface area contributed by atoms with E-state index >= 15 is 0 Å². The van der Waals surface area contributed by atoms with E-state index in [0.29, 0.717) is 12.5 Å². The first-order valence-corrected chi connectivity index (χ1v) is 4.15. The Hall–Kier alpha value is -0.990. The van der Waals surface area contributed by atoms with Gasteiger partial charge < -0.3 is 10.5 Å². The lowest BCUT2D eigenvalue weighted by Gasteiger charge is -2.18. The average Bonchev–Trinajstić information content (AvgIpc) is 2.37. The Balaban J connectivity index is 2.68. The molecule has 0 aromatic rings. The average molecular weight is 168 g/mol. The maximum Gasteiger partial charge on any atom is 0.210 e. The second-order valence-corrected chi connectivity index (χ2v) is 3.92. The van der Waals surface area contributed by atoms with E-state index in [2.05, 4.69) is 25.8 Å². The van der Waals surface area contributed by atoms with Gasteiger partial charge in [0.05, 0.1) is 6.54 Å². The molecule has 1 aliphatic heterocycles. The summed E-state index contributed by atoms with van der Waals surface area (Å²) >= 11 is 0. The van der Waals surface area contributed by atoms with Crippen molar-refractivity contribution in [3.05, 3.63) is 11.8 Å². The monoisotopic (exact) mass is 168 g/mol. The molecular formula is C9H16N2O. The second-order valence-electron chi connectivity index (χ2n) is 3.92. The highest BCUT2D eigenvalue weighted by Crippen LogP contribution is 2.20. The predicted molar refractivity (Wildman–Crippen MR) is 50.0 cm³/mol. The van der Waals surface area contributed by atoms with E-state index in [-0.39, 0.29) is 5.41 Å². The van der Waals surface area contributed by atoms with Crippen LogP contribution >= 0.6 is 0 Å². The van der Waals surface area contributed by atoms with Gasteiger partial charge in [-0.05, 0) is 0 Å². The number of aliphatic imine (C=N–C) groups is 1. The Bertz CT molecular complexity index is 223. The van der Waals surface area contributed by atoms with Crippen LogP contribution in [-0.2, 0) is 4.74 Å². The highest BCUT2D eigenvalue weighted by molar-refractivity contribution is 5.89. The quantitative estimate of drug-likeness (QED) is 0.641. The van der Waals surface area contributed by atoms with Gasteiger partial charge in [0.2, 0.25) is 5.90 Å². The van der Waals surface area contributed by atoms with Gasteiger partial charge in [0, 0.05) is 17.2 Å². The number of nitrogens with two attached hydrogens (primary N) is 1. The lowest BCUT2D eigenvalue weighted by Crippen LogP contribution is -2.18. The normalized spacial score (nSPS) is 18.9. The summed E-state index contributed by atoms with van der Waals surface area (Å²) < 4.78 is 5.21. The molecule has 1 heterocycles. The van der Waals surface area contributed by atoms with Crippen LogP contribution in [0.25, 0.3) is 0 Å². The van der Waals surface area contributed by atoms with Gasteiger partial charge in [-0.1, -0.05) is 20.8 Å². The molecule has 0 amide bonds. The minimum absolute atomic E-state index is 0.00549. The molecule has 0 bridgehead atoms. The molecule has 0 aliphatic carbocycles. The number of ether oxygens (including phenoxy) is 1. The molecule has 0 fully saturated rings. The molecule has 1 rings (SSSR count). The highest BCUT2D eigenvalue weighted by Gasteiger charge is 2.15. The topological polar surface area (TPSA) is 47.6 Å². The fourth-order valence-corrected chi connectivity index (χ4v) is 0.789. The Morgan fingerprint density at radius 3 is 2.67 bits per heavy atom. The molecule has 68 valence electrons. The number of hydrogen-bond acceptors (Lipinski definition) is 3. The third-order valence-electron chi connectivity index (χ3n) is 1.75. The standard InChI is InChI=1S/C9H16N2O/c1-9(2,3)7(10)6-8-11-4-5-12-8/h6H,4-5,10H2,1-3H3/b7-6-. The zero-order valence-corrected chi connectivity index (χ0v) is 7.92. The molecule has 1 aliphatic rings. The van der Waals surface area contributed by atoms with E-state index in [0.717, 1.165) is 12.2 Å². The predicted octanol–water partition coefficient (Wildman–Crippen LogP) is 1.30. The maximum atomic E-state index is 5.83. The van der Waals surface area contributed by atoms with Crippen LogP contribution in [-0.4, -0.2) is 19.0 Å². The first-order valence-electron chi connectivity index (χ1n) is 4.15. The molecule has 2 N–H and O–H groups in total. The van der Waals surface area contributed by atoms with Crippen LogP contribution in [0.15, 0.2) is 16.8 Å². The van der Waals surface area contributed by atoms with Crippen LogP contribution in [0.1, 0.15) is 20.8 Å². The van der Waals surface area contributed by atoms with Gasteiger partial charge in [-0.25, -0.2) is 4.99 Å². The van der Waals surface area contributed by atoms with Gasteiger partial charge in [0.1, 0.15) is 6.61 Å². The van der Waals surface area contributed by atoms with Crippen molar-refractivity contribution in [2.75, 3.05) is 13.2 Å². The summed E-state index contributed by atoms with van der Waals surface area (Å²) in [6.07, 6.45) is 1.81. The third-order valence-corrected chi connectivity index (χ3v) is 1.75. The Morgan fingerprint density at radius 2 is 2.25 bits per heavy atom. The molecule has 0 unspecified atom stereocenters. The van der Waals surface area contributed by atoms with Crippen LogP contribution in [0.5, 0.6) is 0 Å². The minimum atomic E-state index is -0.00549. The van der Waals surface area contributed by atoms with Gasteiger partial charge in [0.25, 0.3) is 0 Å². The number of allylic oxidation sites excluding steroid dienone is 1. The fourth-order valence-electron chi connectivity index (χ4n) is 0.789. The molecule has 3 nitrogen and oxygen atoms in total. The minimum Gasteiger partial charge on any atom is -0.476 e. The lowest BCUT2D eigenvalue weighted by atomic mass is 9.92. The summed E-state index contributed by atoms with van der Waals surface area (Å²) in [5, 5.41) is 0. The van der Waals surface area contributed by atoms with E-state index in [4.69, 9.17) is 10.5 Å². The maximum absolute atomic E-state index is 5.83. The van der Waals surface area contributed by atoms with Gasteiger partial charge in [-0.3, -0.25) is 0 Å². The van der Waals surface area contributed by atoms with E-state index in [1.54, 1.807) is 0 Å². The second kappa shape index (κ2) is 3.17. The van der Waals surface area contributed by atoms with Crippen LogP contribution in [0.3, 0.4) is 0 Å². The van der Waals surface area contributed by atoms with Gasteiger partial charge in [0.15, 0.2) is 0 Å². The fraction of sp³-hybridized carbons (Fsp3) is 0.667. The Labute approximate surface area is 73.3 Å². The number of rotatable bonds is 1. The molecule has 0 atom stereocenters.